The number of alkyl halides is 3. The second-order valence-corrected chi connectivity index (χ2v) is 4.53. The molecule has 9 heteroatoms. The molecular formula is C13H13ClF3N3O2. The smallest absolute Gasteiger partial charge is 0.406 e. The summed E-state index contributed by atoms with van der Waals surface area (Å²) >= 11 is 5.38. The average molecular weight is 336 g/mol. The zero-order valence-electron chi connectivity index (χ0n) is 11.2. The van der Waals surface area contributed by atoms with Crippen molar-refractivity contribution in [2.45, 2.75) is 12.8 Å². The molecule has 5 nitrogen and oxygen atoms in total. The van der Waals surface area contributed by atoms with Gasteiger partial charge < -0.3 is 21.5 Å². The lowest BCUT2D eigenvalue weighted by molar-refractivity contribution is -0.274. The minimum absolute atomic E-state index is 0.00343. The van der Waals surface area contributed by atoms with Crippen molar-refractivity contribution in [3.05, 3.63) is 53.0 Å². The number of rotatable bonds is 5. The van der Waals surface area contributed by atoms with Gasteiger partial charge in [0.05, 0.1) is 11.6 Å². The van der Waals surface area contributed by atoms with Crippen LogP contribution in [0.15, 0.2) is 47.4 Å². The molecule has 0 aromatic heterocycles. The summed E-state index contributed by atoms with van der Waals surface area (Å²) in [5.41, 5.74) is 11.0. The molecule has 0 saturated heterocycles. The van der Waals surface area contributed by atoms with Crippen molar-refractivity contribution in [2.24, 2.45) is 11.5 Å². The van der Waals surface area contributed by atoms with E-state index in [9.17, 15) is 18.0 Å². The Morgan fingerprint density at radius 2 is 2.00 bits per heavy atom. The van der Waals surface area contributed by atoms with Crippen molar-refractivity contribution in [1.29, 1.82) is 0 Å². The van der Waals surface area contributed by atoms with Gasteiger partial charge in [0.2, 0.25) is 5.91 Å². The number of benzene rings is 1. The fourth-order valence-corrected chi connectivity index (χ4v) is 1.52. The minimum Gasteiger partial charge on any atom is -0.406 e. The van der Waals surface area contributed by atoms with E-state index < -0.39 is 18.0 Å². The first-order chi connectivity index (χ1) is 10.2. The maximum atomic E-state index is 12.1. The summed E-state index contributed by atoms with van der Waals surface area (Å²) in [6.45, 7) is 0. The van der Waals surface area contributed by atoms with Crippen molar-refractivity contribution in [2.75, 3.05) is 0 Å². The molecule has 22 heavy (non-hydrogen) atoms. The second-order valence-electron chi connectivity index (χ2n) is 4.09. The molecular weight excluding hydrogens is 323 g/mol. The fraction of sp³-hybridized carbons (Fsp3) is 0.154. The Morgan fingerprint density at radius 3 is 2.59 bits per heavy atom. The van der Waals surface area contributed by atoms with Gasteiger partial charge in [0, 0.05) is 0 Å². The van der Waals surface area contributed by atoms with Crippen molar-refractivity contribution >= 4 is 17.5 Å². The fourth-order valence-electron chi connectivity index (χ4n) is 1.45. The van der Waals surface area contributed by atoms with E-state index in [1.807, 2.05) is 0 Å². The Morgan fingerprint density at radius 1 is 1.32 bits per heavy atom. The molecule has 5 N–H and O–H groups in total. The molecule has 0 saturated carbocycles. The maximum Gasteiger partial charge on any atom is 0.573 e. The molecule has 0 heterocycles. The van der Waals surface area contributed by atoms with E-state index in [0.29, 0.717) is 5.56 Å². The molecule has 1 amide bonds. The van der Waals surface area contributed by atoms with Crippen molar-refractivity contribution < 1.29 is 22.7 Å². The van der Waals surface area contributed by atoms with Crippen molar-refractivity contribution in [3.63, 3.8) is 0 Å². The van der Waals surface area contributed by atoms with Crippen LogP contribution in [0.3, 0.4) is 0 Å². The second kappa shape index (κ2) is 7.60. The summed E-state index contributed by atoms with van der Waals surface area (Å²) in [4.78, 5) is 11.7. The van der Waals surface area contributed by atoms with E-state index in [1.165, 1.54) is 24.3 Å². The highest BCUT2D eigenvalue weighted by Crippen LogP contribution is 2.23. The minimum atomic E-state index is -4.79. The summed E-state index contributed by atoms with van der Waals surface area (Å²) < 4.78 is 40.1. The SMILES string of the molecule is N/C(Cl)=C\C=C(/N)NC(=O)Cc1cccc(OC(F)(F)F)c1. The van der Waals surface area contributed by atoms with Crippen LogP contribution in [0.25, 0.3) is 0 Å². The molecule has 1 rings (SSSR count). The molecule has 1 aromatic rings. The topological polar surface area (TPSA) is 90.4 Å². The van der Waals surface area contributed by atoms with Gasteiger partial charge in [-0.15, -0.1) is 13.2 Å². The summed E-state index contributed by atoms with van der Waals surface area (Å²) in [5.74, 6) is -0.921. The summed E-state index contributed by atoms with van der Waals surface area (Å²) in [6.07, 6.45) is -2.41. The highest BCUT2D eigenvalue weighted by molar-refractivity contribution is 6.29. The van der Waals surface area contributed by atoms with E-state index in [2.05, 4.69) is 10.1 Å². The van der Waals surface area contributed by atoms with Gasteiger partial charge in [-0.05, 0) is 29.8 Å². The number of hydrogen-bond donors (Lipinski definition) is 3. The third-order valence-corrected chi connectivity index (χ3v) is 2.33. The van der Waals surface area contributed by atoms with E-state index in [0.717, 1.165) is 12.1 Å². The van der Waals surface area contributed by atoms with Crippen LogP contribution in [-0.2, 0) is 11.2 Å². The van der Waals surface area contributed by atoms with Crippen LogP contribution in [0.4, 0.5) is 13.2 Å². The zero-order valence-corrected chi connectivity index (χ0v) is 11.9. The first kappa shape index (κ1) is 17.7. The van der Waals surface area contributed by atoms with Gasteiger partial charge in [0.15, 0.2) is 0 Å². The van der Waals surface area contributed by atoms with Gasteiger partial charge in [0.25, 0.3) is 0 Å². The maximum absolute atomic E-state index is 12.1. The van der Waals surface area contributed by atoms with Crippen molar-refractivity contribution in [3.8, 4) is 5.75 Å². The Bertz CT molecular complexity index is 596. The third kappa shape index (κ3) is 7.44. The molecule has 0 aliphatic heterocycles. The zero-order chi connectivity index (χ0) is 16.8. The lowest BCUT2D eigenvalue weighted by atomic mass is 10.1. The molecule has 0 spiro atoms. The van der Waals surface area contributed by atoms with Crippen LogP contribution in [0.5, 0.6) is 5.75 Å². The molecule has 0 atom stereocenters. The lowest BCUT2D eigenvalue weighted by Gasteiger charge is -2.10. The van der Waals surface area contributed by atoms with Gasteiger partial charge in [-0.2, -0.15) is 0 Å². The monoisotopic (exact) mass is 335 g/mol. The third-order valence-electron chi connectivity index (χ3n) is 2.20. The first-order valence-corrected chi connectivity index (χ1v) is 6.26. The van der Waals surface area contributed by atoms with E-state index in [4.69, 9.17) is 23.1 Å². The molecule has 0 aliphatic rings. The molecule has 0 bridgehead atoms. The van der Waals surface area contributed by atoms with Crippen LogP contribution in [0.1, 0.15) is 5.56 Å². The van der Waals surface area contributed by atoms with E-state index in [1.54, 1.807) is 0 Å². The number of carbonyl (C=O) groups excluding carboxylic acids is 1. The van der Waals surface area contributed by atoms with Gasteiger partial charge >= 0.3 is 6.36 Å². The summed E-state index contributed by atoms with van der Waals surface area (Å²) in [5, 5.41) is 2.31. The molecule has 0 unspecified atom stereocenters. The molecule has 0 aliphatic carbocycles. The summed E-state index contributed by atoms with van der Waals surface area (Å²) in [6, 6.07) is 5.08. The normalized spacial score (nSPS) is 12.9. The van der Waals surface area contributed by atoms with Gasteiger partial charge in [-0.3, -0.25) is 4.79 Å². The Hall–Kier alpha value is -2.35. The highest BCUT2D eigenvalue weighted by atomic mass is 35.5. The number of allylic oxidation sites excluding steroid dienone is 2. The molecule has 0 fully saturated rings. The predicted molar refractivity (Wildman–Crippen MR) is 75.4 cm³/mol. The van der Waals surface area contributed by atoms with Crippen LogP contribution in [0.2, 0.25) is 0 Å². The van der Waals surface area contributed by atoms with Crippen LogP contribution in [-0.4, -0.2) is 12.3 Å². The van der Waals surface area contributed by atoms with Crippen LogP contribution >= 0.6 is 11.6 Å². The van der Waals surface area contributed by atoms with Gasteiger partial charge in [-0.25, -0.2) is 0 Å². The summed E-state index contributed by atoms with van der Waals surface area (Å²) in [7, 11) is 0. The van der Waals surface area contributed by atoms with Gasteiger partial charge in [-0.1, -0.05) is 23.7 Å². The Kier molecular flexibility index (Phi) is 6.11. The number of ether oxygens (including phenoxy) is 1. The Balaban J connectivity index is 2.67. The Labute approximate surface area is 129 Å². The number of carbonyl (C=O) groups is 1. The first-order valence-electron chi connectivity index (χ1n) is 5.88. The number of halogens is 4. The standard InChI is InChI=1S/C13H13ClF3N3O2/c14-10(18)4-5-11(19)20-12(21)7-8-2-1-3-9(6-8)22-13(15,16)17/h1-6H,7,18-19H2,(H,20,21)/b10-4-,11-5+. The lowest BCUT2D eigenvalue weighted by Crippen LogP contribution is -2.28. The quantitative estimate of drug-likeness (QED) is 0.567. The van der Waals surface area contributed by atoms with Crippen molar-refractivity contribution in [1.82, 2.24) is 5.32 Å². The number of nitrogens with one attached hydrogen (secondary N) is 1. The molecule has 120 valence electrons. The number of nitrogens with two attached hydrogens (primary N) is 2. The van der Waals surface area contributed by atoms with E-state index >= 15 is 0 Å². The van der Waals surface area contributed by atoms with E-state index in [-0.39, 0.29) is 17.4 Å². The largest absolute Gasteiger partial charge is 0.573 e. The number of hydrogen-bond acceptors (Lipinski definition) is 4. The average Bonchev–Trinajstić information content (AvgIpc) is 2.34. The van der Waals surface area contributed by atoms with Crippen LogP contribution in [0, 0.1) is 0 Å². The highest BCUT2D eigenvalue weighted by Gasteiger charge is 2.31. The predicted octanol–water partition coefficient (Wildman–Crippen LogP) is 2.08. The van der Waals surface area contributed by atoms with Gasteiger partial charge in [0.1, 0.15) is 11.6 Å². The molecule has 0 radical (unpaired) electrons. The molecule has 1 aromatic carbocycles. The number of amides is 1. The van der Waals surface area contributed by atoms with Crippen LogP contribution < -0.4 is 21.5 Å².